The number of nitrogens with one attached hydrogen (secondary N) is 2. The molecule has 1 amide bonds. The van der Waals surface area contributed by atoms with Crippen LogP contribution < -0.4 is 16.4 Å². The first-order chi connectivity index (χ1) is 9.99. The van der Waals surface area contributed by atoms with Crippen LogP contribution in [0.15, 0.2) is 18.2 Å². The monoisotopic (exact) mass is 291 g/mol. The average molecular weight is 291 g/mol. The van der Waals surface area contributed by atoms with Gasteiger partial charge in [-0.05, 0) is 37.0 Å². The number of anilines is 2. The highest BCUT2D eigenvalue weighted by Gasteiger charge is 2.34. The summed E-state index contributed by atoms with van der Waals surface area (Å²) in [5, 5.41) is 15.9. The summed E-state index contributed by atoms with van der Waals surface area (Å²) in [7, 11) is 1.60. The van der Waals surface area contributed by atoms with Crippen molar-refractivity contribution in [2.75, 3.05) is 24.7 Å². The Morgan fingerprint density at radius 1 is 1.52 bits per heavy atom. The van der Waals surface area contributed by atoms with Crippen LogP contribution in [0.5, 0.6) is 0 Å². The molecule has 5 N–H and O–H groups in total. The minimum absolute atomic E-state index is 0.0704. The first-order valence-corrected chi connectivity index (χ1v) is 7.50. The molecule has 5 nitrogen and oxygen atoms in total. The summed E-state index contributed by atoms with van der Waals surface area (Å²) in [4.78, 5) is 11.7. The van der Waals surface area contributed by atoms with E-state index in [-0.39, 0.29) is 18.1 Å². The van der Waals surface area contributed by atoms with Gasteiger partial charge < -0.3 is 21.5 Å². The van der Waals surface area contributed by atoms with Gasteiger partial charge in [-0.2, -0.15) is 0 Å². The lowest BCUT2D eigenvalue weighted by Crippen LogP contribution is -2.46. The molecule has 1 saturated carbocycles. The molecule has 1 fully saturated rings. The van der Waals surface area contributed by atoms with Crippen LogP contribution in [0.3, 0.4) is 0 Å². The van der Waals surface area contributed by atoms with Gasteiger partial charge in [0.2, 0.25) is 0 Å². The minimum atomic E-state index is -0.340. The van der Waals surface area contributed by atoms with Crippen LogP contribution in [0.1, 0.15) is 43.0 Å². The number of benzene rings is 1. The second-order valence-corrected chi connectivity index (χ2v) is 6.15. The van der Waals surface area contributed by atoms with Gasteiger partial charge in [0, 0.05) is 12.6 Å². The largest absolute Gasteiger partial charge is 0.397 e. The second-order valence-electron chi connectivity index (χ2n) is 6.15. The number of nitrogen functional groups attached to an aromatic ring is 1. The van der Waals surface area contributed by atoms with Crippen molar-refractivity contribution < 1.29 is 9.90 Å². The summed E-state index contributed by atoms with van der Waals surface area (Å²) in [6, 6.07) is 5.18. The molecule has 1 aromatic rings. The molecular weight excluding hydrogens is 266 g/mol. The van der Waals surface area contributed by atoms with E-state index < -0.39 is 0 Å². The summed E-state index contributed by atoms with van der Waals surface area (Å²) < 4.78 is 0. The zero-order chi connectivity index (χ0) is 15.5. The van der Waals surface area contributed by atoms with Gasteiger partial charge in [-0.1, -0.05) is 19.8 Å². The number of rotatable bonds is 4. The van der Waals surface area contributed by atoms with Crippen LogP contribution in [-0.4, -0.2) is 30.2 Å². The SMILES string of the molecule is CNC(=O)c1ccc(N)c(NC2(CO)CCCC(C)C2)c1. The molecule has 1 aliphatic carbocycles. The molecule has 0 aliphatic heterocycles. The maximum absolute atomic E-state index is 11.7. The van der Waals surface area contributed by atoms with Crippen LogP contribution >= 0.6 is 0 Å². The van der Waals surface area contributed by atoms with Gasteiger partial charge in [-0.3, -0.25) is 4.79 Å². The molecule has 0 aromatic heterocycles. The summed E-state index contributed by atoms with van der Waals surface area (Å²) >= 11 is 0. The Morgan fingerprint density at radius 3 is 2.90 bits per heavy atom. The molecule has 0 bridgehead atoms. The van der Waals surface area contributed by atoms with Gasteiger partial charge in [-0.15, -0.1) is 0 Å². The smallest absolute Gasteiger partial charge is 0.251 e. The standard InChI is InChI=1S/C16H25N3O2/c1-11-4-3-7-16(9-11,10-20)19-14-8-12(15(21)18-2)5-6-13(14)17/h5-6,8,11,19-20H,3-4,7,9-10,17H2,1-2H3,(H,18,21). The van der Waals surface area contributed by atoms with E-state index >= 15 is 0 Å². The van der Waals surface area contributed by atoms with E-state index in [9.17, 15) is 9.90 Å². The number of hydrogen-bond acceptors (Lipinski definition) is 4. The average Bonchev–Trinajstić information content (AvgIpc) is 2.48. The molecule has 0 spiro atoms. The number of hydrogen-bond donors (Lipinski definition) is 4. The Morgan fingerprint density at radius 2 is 2.29 bits per heavy atom. The van der Waals surface area contributed by atoms with Crippen molar-refractivity contribution in [2.45, 2.75) is 38.1 Å². The van der Waals surface area contributed by atoms with Gasteiger partial charge >= 0.3 is 0 Å². The van der Waals surface area contributed by atoms with Gasteiger partial charge in [-0.25, -0.2) is 0 Å². The van der Waals surface area contributed by atoms with Crippen molar-refractivity contribution >= 4 is 17.3 Å². The maximum atomic E-state index is 11.7. The topological polar surface area (TPSA) is 87.4 Å². The van der Waals surface area contributed by atoms with E-state index in [0.717, 1.165) is 24.9 Å². The fraction of sp³-hybridized carbons (Fsp3) is 0.562. The van der Waals surface area contributed by atoms with Crippen molar-refractivity contribution in [1.29, 1.82) is 0 Å². The third-order valence-corrected chi connectivity index (χ3v) is 4.34. The quantitative estimate of drug-likeness (QED) is 0.639. The molecule has 2 unspecified atom stereocenters. The number of aliphatic hydroxyl groups is 1. The first-order valence-electron chi connectivity index (χ1n) is 7.50. The van der Waals surface area contributed by atoms with E-state index in [2.05, 4.69) is 17.6 Å². The Balaban J connectivity index is 2.26. The van der Waals surface area contributed by atoms with E-state index in [0.29, 0.717) is 17.2 Å². The lowest BCUT2D eigenvalue weighted by molar-refractivity contribution is 0.0963. The van der Waals surface area contributed by atoms with Gasteiger partial charge in [0.25, 0.3) is 5.91 Å². The van der Waals surface area contributed by atoms with E-state index in [1.807, 2.05) is 0 Å². The third-order valence-electron chi connectivity index (χ3n) is 4.34. The lowest BCUT2D eigenvalue weighted by Gasteiger charge is -2.40. The number of nitrogens with two attached hydrogens (primary N) is 1. The van der Waals surface area contributed by atoms with Crippen LogP contribution in [0.25, 0.3) is 0 Å². The van der Waals surface area contributed by atoms with Crippen LogP contribution in [-0.2, 0) is 0 Å². The zero-order valence-electron chi connectivity index (χ0n) is 12.8. The van der Waals surface area contributed by atoms with Crippen molar-refractivity contribution in [3.63, 3.8) is 0 Å². The molecule has 0 heterocycles. The Labute approximate surface area is 125 Å². The number of aliphatic hydroxyl groups excluding tert-OH is 1. The van der Waals surface area contributed by atoms with Gasteiger partial charge in [0.05, 0.1) is 23.5 Å². The summed E-state index contributed by atoms with van der Waals surface area (Å²) in [6.07, 6.45) is 4.10. The molecule has 0 saturated heterocycles. The fourth-order valence-electron chi connectivity index (χ4n) is 3.19. The van der Waals surface area contributed by atoms with E-state index in [1.54, 1.807) is 25.2 Å². The third kappa shape index (κ3) is 3.47. The molecule has 116 valence electrons. The minimum Gasteiger partial charge on any atom is -0.397 e. The first kappa shape index (κ1) is 15.6. The Kier molecular flexibility index (Phi) is 4.73. The second kappa shape index (κ2) is 6.35. The highest BCUT2D eigenvalue weighted by Crippen LogP contribution is 2.36. The summed E-state index contributed by atoms with van der Waals surface area (Å²) in [5.41, 5.74) is 7.55. The predicted molar refractivity (Wildman–Crippen MR) is 85.3 cm³/mol. The molecule has 2 rings (SSSR count). The van der Waals surface area contributed by atoms with Gasteiger partial charge in [0.15, 0.2) is 0 Å². The van der Waals surface area contributed by atoms with E-state index in [4.69, 9.17) is 5.73 Å². The molecule has 2 atom stereocenters. The normalized spacial score (nSPS) is 25.4. The molecule has 0 radical (unpaired) electrons. The number of amides is 1. The molecule has 21 heavy (non-hydrogen) atoms. The van der Waals surface area contributed by atoms with Crippen molar-refractivity contribution in [3.05, 3.63) is 23.8 Å². The number of carbonyl (C=O) groups excluding carboxylic acids is 1. The highest BCUT2D eigenvalue weighted by molar-refractivity contribution is 5.96. The molecule has 1 aromatic carbocycles. The predicted octanol–water partition coefficient (Wildman–Crippen LogP) is 1.98. The Bertz CT molecular complexity index is 518. The van der Waals surface area contributed by atoms with Crippen molar-refractivity contribution in [3.8, 4) is 0 Å². The van der Waals surface area contributed by atoms with Crippen molar-refractivity contribution in [2.24, 2.45) is 5.92 Å². The van der Waals surface area contributed by atoms with E-state index in [1.165, 1.54) is 6.42 Å². The fourth-order valence-corrected chi connectivity index (χ4v) is 3.19. The summed E-state index contributed by atoms with van der Waals surface area (Å²) in [6.45, 7) is 2.27. The lowest BCUT2D eigenvalue weighted by atomic mass is 9.76. The maximum Gasteiger partial charge on any atom is 0.251 e. The molecular formula is C16H25N3O2. The van der Waals surface area contributed by atoms with Crippen LogP contribution in [0.2, 0.25) is 0 Å². The number of carbonyl (C=O) groups is 1. The van der Waals surface area contributed by atoms with Crippen LogP contribution in [0, 0.1) is 5.92 Å². The van der Waals surface area contributed by atoms with Crippen molar-refractivity contribution in [1.82, 2.24) is 5.32 Å². The van der Waals surface area contributed by atoms with Crippen LogP contribution in [0.4, 0.5) is 11.4 Å². The van der Waals surface area contributed by atoms with Gasteiger partial charge in [0.1, 0.15) is 0 Å². The summed E-state index contributed by atoms with van der Waals surface area (Å²) in [5.74, 6) is 0.426. The zero-order valence-corrected chi connectivity index (χ0v) is 12.8. The highest BCUT2D eigenvalue weighted by atomic mass is 16.3. The Hall–Kier alpha value is -1.75. The molecule has 5 heteroatoms. The molecule has 1 aliphatic rings.